The number of hydrogen-bond donors (Lipinski definition) is 1. The Balaban J connectivity index is 4.16. The summed E-state index contributed by atoms with van der Waals surface area (Å²) in [5, 5.41) is 7.95. The number of likely N-dealkylation sites (N-methyl/N-ethyl adjacent to an activating group) is 1. The first-order chi connectivity index (χ1) is 5.93. The van der Waals surface area contributed by atoms with E-state index in [1.807, 2.05) is 4.90 Å². The molecule has 78 valence electrons. The van der Waals surface area contributed by atoms with Gasteiger partial charge in [-0.2, -0.15) is 0 Å². The average Bonchev–Trinajstić information content (AvgIpc) is 2.04. The van der Waals surface area contributed by atoms with Crippen LogP contribution in [-0.2, 0) is 4.74 Å². The van der Waals surface area contributed by atoms with Crippen molar-refractivity contribution in [2.24, 2.45) is 5.41 Å². The highest BCUT2D eigenvalue weighted by atomic mass is 16.5. The smallest absolute Gasteiger partial charge is 0.101 e. The van der Waals surface area contributed by atoms with E-state index in [9.17, 15) is 0 Å². The van der Waals surface area contributed by atoms with Gasteiger partial charge in [-0.25, -0.2) is 0 Å². The largest absolute Gasteiger partial charge is 0.383 e. The van der Waals surface area contributed by atoms with Gasteiger partial charge in [0.15, 0.2) is 0 Å². The molecule has 0 aliphatic heterocycles. The second-order valence-electron chi connectivity index (χ2n) is 4.17. The van der Waals surface area contributed by atoms with Gasteiger partial charge in [-0.3, -0.25) is 5.41 Å². The molecule has 3 nitrogen and oxygen atoms in total. The molecule has 0 amide bonds. The number of nitrogens with one attached hydrogen (secondary N) is 1. The molecule has 3 heteroatoms. The zero-order valence-corrected chi connectivity index (χ0v) is 9.48. The summed E-state index contributed by atoms with van der Waals surface area (Å²) in [7, 11) is 1.69. The van der Waals surface area contributed by atoms with E-state index in [0.717, 1.165) is 13.1 Å². The third-order valence-electron chi connectivity index (χ3n) is 1.97. The predicted octanol–water partition coefficient (Wildman–Crippen LogP) is 1.98. The number of hydrogen-bond acceptors (Lipinski definition) is 2. The van der Waals surface area contributed by atoms with E-state index in [1.54, 1.807) is 7.11 Å². The molecule has 0 fully saturated rings. The van der Waals surface area contributed by atoms with Crippen LogP contribution in [0.5, 0.6) is 0 Å². The lowest BCUT2D eigenvalue weighted by Gasteiger charge is -2.31. The first-order valence-electron chi connectivity index (χ1n) is 4.76. The molecule has 0 bridgehead atoms. The Labute approximate surface area is 81.6 Å². The molecular formula is C10H22N2O. The molecule has 0 aromatic carbocycles. The van der Waals surface area contributed by atoms with Gasteiger partial charge in [-0.1, -0.05) is 20.8 Å². The third kappa shape index (κ3) is 4.27. The van der Waals surface area contributed by atoms with Crippen LogP contribution in [0.4, 0.5) is 0 Å². The molecule has 0 unspecified atom stereocenters. The summed E-state index contributed by atoms with van der Waals surface area (Å²) in [6.45, 7) is 10.6. The van der Waals surface area contributed by atoms with Gasteiger partial charge in [0, 0.05) is 25.6 Å². The summed E-state index contributed by atoms with van der Waals surface area (Å²) < 4.78 is 5.00. The van der Waals surface area contributed by atoms with Crippen molar-refractivity contribution < 1.29 is 4.74 Å². The molecule has 0 atom stereocenters. The van der Waals surface area contributed by atoms with Gasteiger partial charge in [0.1, 0.15) is 5.84 Å². The van der Waals surface area contributed by atoms with Crippen LogP contribution in [-0.4, -0.2) is 37.5 Å². The number of ether oxygens (including phenoxy) is 1. The van der Waals surface area contributed by atoms with Crippen molar-refractivity contribution in [2.75, 3.05) is 26.8 Å². The lowest BCUT2D eigenvalue weighted by molar-refractivity contribution is 0.174. The number of amidine groups is 1. The van der Waals surface area contributed by atoms with Gasteiger partial charge in [-0.15, -0.1) is 0 Å². The molecule has 0 radical (unpaired) electrons. The van der Waals surface area contributed by atoms with Gasteiger partial charge in [0.05, 0.1) is 6.61 Å². The molecule has 0 heterocycles. The van der Waals surface area contributed by atoms with E-state index in [-0.39, 0.29) is 5.41 Å². The SMILES string of the molecule is CCN(CCOC)C(=N)C(C)(C)C. The minimum absolute atomic E-state index is 0.0657. The van der Waals surface area contributed by atoms with Crippen LogP contribution in [0.1, 0.15) is 27.7 Å². The minimum Gasteiger partial charge on any atom is -0.383 e. The predicted molar refractivity (Wildman–Crippen MR) is 56.3 cm³/mol. The maximum atomic E-state index is 7.95. The molecular weight excluding hydrogens is 164 g/mol. The molecule has 0 saturated carbocycles. The van der Waals surface area contributed by atoms with Crippen LogP contribution in [0.3, 0.4) is 0 Å². The molecule has 1 N–H and O–H groups in total. The standard InChI is InChI=1S/C10H22N2O/c1-6-12(7-8-13-5)9(11)10(2,3)4/h11H,6-8H2,1-5H3. The van der Waals surface area contributed by atoms with Crippen molar-refractivity contribution in [1.29, 1.82) is 5.41 Å². The lowest BCUT2D eigenvalue weighted by atomic mass is 9.94. The Morgan fingerprint density at radius 2 is 1.92 bits per heavy atom. The summed E-state index contributed by atoms with van der Waals surface area (Å²) in [4.78, 5) is 2.05. The highest BCUT2D eigenvalue weighted by molar-refractivity contribution is 5.84. The van der Waals surface area contributed by atoms with Crippen LogP contribution in [0.2, 0.25) is 0 Å². The maximum Gasteiger partial charge on any atom is 0.101 e. The zero-order chi connectivity index (χ0) is 10.5. The van der Waals surface area contributed by atoms with Gasteiger partial charge >= 0.3 is 0 Å². The fraction of sp³-hybridized carbons (Fsp3) is 0.900. The number of rotatable bonds is 4. The molecule has 13 heavy (non-hydrogen) atoms. The van der Waals surface area contributed by atoms with Gasteiger partial charge in [0.25, 0.3) is 0 Å². The van der Waals surface area contributed by atoms with Crippen LogP contribution in [0.25, 0.3) is 0 Å². The molecule has 0 rings (SSSR count). The van der Waals surface area contributed by atoms with Gasteiger partial charge < -0.3 is 9.64 Å². The van der Waals surface area contributed by atoms with Crippen molar-refractivity contribution in [3.8, 4) is 0 Å². The summed E-state index contributed by atoms with van der Waals surface area (Å²) in [5.74, 6) is 0.687. The minimum atomic E-state index is -0.0657. The first kappa shape index (κ1) is 12.4. The lowest BCUT2D eigenvalue weighted by Crippen LogP contribution is -2.40. The zero-order valence-electron chi connectivity index (χ0n) is 9.48. The topological polar surface area (TPSA) is 36.3 Å². The summed E-state index contributed by atoms with van der Waals surface area (Å²) >= 11 is 0. The highest BCUT2D eigenvalue weighted by Gasteiger charge is 2.21. The maximum absolute atomic E-state index is 7.95. The van der Waals surface area contributed by atoms with Crippen molar-refractivity contribution in [2.45, 2.75) is 27.7 Å². The van der Waals surface area contributed by atoms with Crippen LogP contribution < -0.4 is 0 Å². The Kier molecular flexibility index (Phi) is 4.99. The van der Waals surface area contributed by atoms with Gasteiger partial charge in [0.2, 0.25) is 0 Å². The number of nitrogens with zero attached hydrogens (tertiary/aromatic N) is 1. The highest BCUT2D eigenvalue weighted by Crippen LogP contribution is 2.17. The van der Waals surface area contributed by atoms with Crippen LogP contribution in [0, 0.1) is 10.8 Å². The van der Waals surface area contributed by atoms with Gasteiger partial charge in [-0.05, 0) is 6.92 Å². The van der Waals surface area contributed by atoms with Crippen molar-refractivity contribution in [1.82, 2.24) is 4.90 Å². The summed E-state index contributed by atoms with van der Waals surface area (Å²) in [6, 6.07) is 0. The van der Waals surface area contributed by atoms with E-state index in [2.05, 4.69) is 27.7 Å². The Bertz CT molecular complexity index is 161. The van der Waals surface area contributed by atoms with E-state index in [4.69, 9.17) is 10.1 Å². The molecule has 0 aromatic rings. The quantitative estimate of drug-likeness (QED) is 0.538. The van der Waals surface area contributed by atoms with E-state index in [1.165, 1.54) is 0 Å². The van der Waals surface area contributed by atoms with Crippen molar-refractivity contribution >= 4 is 5.84 Å². The first-order valence-corrected chi connectivity index (χ1v) is 4.76. The summed E-state index contributed by atoms with van der Waals surface area (Å²) in [5.41, 5.74) is -0.0657. The second-order valence-corrected chi connectivity index (χ2v) is 4.17. The van der Waals surface area contributed by atoms with E-state index >= 15 is 0 Å². The van der Waals surface area contributed by atoms with Crippen molar-refractivity contribution in [3.05, 3.63) is 0 Å². The molecule has 0 aliphatic carbocycles. The monoisotopic (exact) mass is 186 g/mol. The summed E-state index contributed by atoms with van der Waals surface area (Å²) in [6.07, 6.45) is 0. The van der Waals surface area contributed by atoms with Crippen molar-refractivity contribution in [3.63, 3.8) is 0 Å². The normalized spacial score (nSPS) is 11.5. The Hall–Kier alpha value is -0.570. The fourth-order valence-electron chi connectivity index (χ4n) is 1.10. The number of methoxy groups -OCH3 is 1. The van der Waals surface area contributed by atoms with Crippen LogP contribution in [0.15, 0.2) is 0 Å². The Morgan fingerprint density at radius 1 is 1.38 bits per heavy atom. The van der Waals surface area contributed by atoms with E-state index in [0.29, 0.717) is 12.4 Å². The molecule has 0 aliphatic rings. The van der Waals surface area contributed by atoms with Crippen LogP contribution >= 0.6 is 0 Å². The molecule has 0 saturated heterocycles. The second kappa shape index (κ2) is 5.22. The average molecular weight is 186 g/mol. The fourth-order valence-corrected chi connectivity index (χ4v) is 1.10. The third-order valence-corrected chi connectivity index (χ3v) is 1.97. The van der Waals surface area contributed by atoms with E-state index < -0.39 is 0 Å². The molecule has 0 aromatic heterocycles. The molecule has 0 spiro atoms. The Morgan fingerprint density at radius 3 is 2.23 bits per heavy atom.